The average Bonchev–Trinajstić information content (AvgIpc) is 3.42. The number of amides is 1. The van der Waals surface area contributed by atoms with E-state index in [-0.39, 0.29) is 11.9 Å². The number of rotatable bonds is 5. The number of aromatic nitrogens is 3. The van der Waals surface area contributed by atoms with Crippen LogP contribution in [0, 0.1) is 12.8 Å². The van der Waals surface area contributed by atoms with Crippen LogP contribution in [0.5, 0.6) is 0 Å². The third kappa shape index (κ3) is 3.48. The minimum absolute atomic E-state index is 0.0268. The number of nitrogens with one attached hydrogen (secondary N) is 1. The zero-order valence-electron chi connectivity index (χ0n) is 14.4. The van der Waals surface area contributed by atoms with Gasteiger partial charge in [0.25, 0.3) is 5.91 Å². The first-order valence-electron chi connectivity index (χ1n) is 8.67. The van der Waals surface area contributed by atoms with Crippen LogP contribution in [-0.4, -0.2) is 20.9 Å². The minimum Gasteiger partial charge on any atom is -0.343 e. The maximum atomic E-state index is 12.8. The highest BCUT2D eigenvalue weighted by Gasteiger charge is 2.34. The van der Waals surface area contributed by atoms with E-state index in [0.717, 1.165) is 24.1 Å². The van der Waals surface area contributed by atoms with Gasteiger partial charge in [0.05, 0.1) is 17.4 Å². The lowest BCUT2D eigenvalue weighted by molar-refractivity contribution is 0.0925. The topological polar surface area (TPSA) is 59.8 Å². The van der Waals surface area contributed by atoms with Crippen molar-refractivity contribution in [1.82, 2.24) is 20.3 Å². The van der Waals surface area contributed by atoms with Crippen molar-refractivity contribution in [2.75, 3.05) is 0 Å². The molecule has 0 radical (unpaired) electrons. The molecule has 4 rings (SSSR count). The smallest absolute Gasteiger partial charge is 0.274 e. The summed E-state index contributed by atoms with van der Waals surface area (Å²) in [6, 6.07) is 17.2. The highest BCUT2D eigenvalue weighted by atomic mass is 35.5. The summed E-state index contributed by atoms with van der Waals surface area (Å²) in [7, 11) is 0. The minimum atomic E-state index is -0.198. The number of nitrogens with zero attached hydrogens (tertiary/aromatic N) is 3. The highest BCUT2D eigenvalue weighted by Crippen LogP contribution is 2.41. The third-order valence-corrected chi connectivity index (χ3v) is 4.85. The molecule has 2 aromatic carbocycles. The molecule has 26 heavy (non-hydrogen) atoms. The van der Waals surface area contributed by atoms with Gasteiger partial charge >= 0.3 is 0 Å². The Morgan fingerprint density at radius 1 is 1.12 bits per heavy atom. The molecular weight excluding hydrogens is 348 g/mol. The van der Waals surface area contributed by atoms with E-state index in [1.165, 1.54) is 4.80 Å². The average molecular weight is 367 g/mol. The van der Waals surface area contributed by atoms with Crippen LogP contribution < -0.4 is 5.32 Å². The van der Waals surface area contributed by atoms with Crippen LogP contribution in [0.15, 0.2) is 54.6 Å². The van der Waals surface area contributed by atoms with Gasteiger partial charge in [0, 0.05) is 5.02 Å². The second-order valence-electron chi connectivity index (χ2n) is 6.60. The molecule has 6 heteroatoms. The summed E-state index contributed by atoms with van der Waals surface area (Å²) in [5.41, 5.74) is 2.86. The van der Waals surface area contributed by atoms with Crippen molar-refractivity contribution in [2.24, 2.45) is 5.92 Å². The molecule has 1 fully saturated rings. The fourth-order valence-electron chi connectivity index (χ4n) is 3.05. The second-order valence-corrected chi connectivity index (χ2v) is 7.04. The molecular formula is C20H19ClN4O. The van der Waals surface area contributed by atoms with Gasteiger partial charge in [-0.05, 0) is 55.5 Å². The summed E-state index contributed by atoms with van der Waals surface area (Å²) in [6.45, 7) is 1.80. The van der Waals surface area contributed by atoms with Gasteiger partial charge in [-0.3, -0.25) is 4.79 Å². The summed E-state index contributed by atoms with van der Waals surface area (Å²) in [5, 5.41) is 12.6. The van der Waals surface area contributed by atoms with Crippen molar-refractivity contribution >= 4 is 17.5 Å². The number of hydrogen-bond donors (Lipinski definition) is 1. The monoisotopic (exact) mass is 366 g/mol. The second kappa shape index (κ2) is 6.92. The first kappa shape index (κ1) is 16.8. The maximum Gasteiger partial charge on any atom is 0.274 e. The molecule has 0 aliphatic heterocycles. The van der Waals surface area contributed by atoms with Crippen molar-refractivity contribution in [3.8, 4) is 5.69 Å². The molecule has 0 saturated heterocycles. The normalized spacial score (nSPS) is 14.8. The molecule has 1 aliphatic carbocycles. The van der Waals surface area contributed by atoms with Gasteiger partial charge in [0.2, 0.25) is 0 Å². The largest absolute Gasteiger partial charge is 0.343 e. The number of halogens is 1. The summed E-state index contributed by atoms with van der Waals surface area (Å²) < 4.78 is 0. The Morgan fingerprint density at radius 3 is 2.46 bits per heavy atom. The Labute approximate surface area is 157 Å². The van der Waals surface area contributed by atoms with Gasteiger partial charge in [0.1, 0.15) is 0 Å². The van der Waals surface area contributed by atoms with Gasteiger partial charge < -0.3 is 5.32 Å². The Balaban J connectivity index is 1.57. The molecule has 0 bridgehead atoms. The van der Waals surface area contributed by atoms with Crippen molar-refractivity contribution in [2.45, 2.75) is 25.8 Å². The lowest BCUT2D eigenvalue weighted by atomic mass is 10.0. The van der Waals surface area contributed by atoms with Crippen LogP contribution in [0.4, 0.5) is 0 Å². The molecule has 3 aromatic rings. The van der Waals surface area contributed by atoms with Gasteiger partial charge in [-0.2, -0.15) is 9.90 Å². The molecule has 5 nitrogen and oxygen atoms in total. The molecule has 1 aromatic heterocycles. The zero-order valence-corrected chi connectivity index (χ0v) is 15.1. The predicted molar refractivity (Wildman–Crippen MR) is 100 cm³/mol. The summed E-state index contributed by atoms with van der Waals surface area (Å²) in [5.74, 6) is 0.265. The van der Waals surface area contributed by atoms with Gasteiger partial charge in [-0.25, -0.2) is 0 Å². The van der Waals surface area contributed by atoms with Gasteiger partial charge in [-0.1, -0.05) is 41.9 Å². The number of carbonyl (C=O) groups is 1. The van der Waals surface area contributed by atoms with Crippen LogP contribution in [0.2, 0.25) is 5.02 Å². The van der Waals surface area contributed by atoms with E-state index in [1.54, 1.807) is 6.92 Å². The lowest BCUT2D eigenvalue weighted by Gasteiger charge is -2.18. The van der Waals surface area contributed by atoms with E-state index in [4.69, 9.17) is 11.6 Å². The molecule has 1 atom stereocenters. The van der Waals surface area contributed by atoms with E-state index in [9.17, 15) is 4.79 Å². The standard InChI is InChI=1S/C20H19ClN4O/c1-13-18(24-25(23-13)17-5-3-2-4-6-17)20(26)22-19(14-7-8-14)15-9-11-16(21)12-10-15/h2-6,9-12,14,19H,7-8H2,1H3,(H,22,26)/t19-/m1/s1. The molecule has 1 heterocycles. The molecule has 0 spiro atoms. The molecule has 132 valence electrons. The summed E-state index contributed by atoms with van der Waals surface area (Å²) >= 11 is 5.99. The lowest BCUT2D eigenvalue weighted by Crippen LogP contribution is -2.30. The molecule has 1 aliphatic rings. The summed E-state index contributed by atoms with van der Waals surface area (Å²) in [6.07, 6.45) is 2.23. The van der Waals surface area contributed by atoms with Crippen LogP contribution in [0.25, 0.3) is 5.69 Å². The van der Waals surface area contributed by atoms with E-state index in [2.05, 4.69) is 15.5 Å². The number of benzene rings is 2. The first-order valence-corrected chi connectivity index (χ1v) is 9.05. The van der Waals surface area contributed by atoms with Crippen LogP contribution >= 0.6 is 11.6 Å². The predicted octanol–water partition coefficient (Wildman–Crippen LogP) is 4.11. The maximum absolute atomic E-state index is 12.8. The van der Waals surface area contributed by atoms with Crippen LogP contribution in [0.1, 0.15) is 40.6 Å². The van der Waals surface area contributed by atoms with Gasteiger partial charge in [-0.15, -0.1) is 5.10 Å². The van der Waals surface area contributed by atoms with Crippen molar-refractivity contribution < 1.29 is 4.79 Å². The Kier molecular flexibility index (Phi) is 4.47. The fraction of sp³-hybridized carbons (Fsp3) is 0.250. The SMILES string of the molecule is Cc1nn(-c2ccccc2)nc1C(=O)N[C@@H](c1ccc(Cl)cc1)C1CC1. The zero-order chi connectivity index (χ0) is 18.1. The molecule has 1 saturated carbocycles. The van der Waals surface area contributed by atoms with Crippen molar-refractivity contribution in [3.05, 3.63) is 76.6 Å². The van der Waals surface area contributed by atoms with Gasteiger partial charge in [0.15, 0.2) is 5.69 Å². The van der Waals surface area contributed by atoms with Crippen molar-refractivity contribution in [1.29, 1.82) is 0 Å². The van der Waals surface area contributed by atoms with Crippen LogP contribution in [0.3, 0.4) is 0 Å². The van der Waals surface area contributed by atoms with E-state index >= 15 is 0 Å². The van der Waals surface area contributed by atoms with Crippen LogP contribution in [-0.2, 0) is 0 Å². The van der Waals surface area contributed by atoms with Crippen molar-refractivity contribution in [3.63, 3.8) is 0 Å². The number of aryl methyl sites for hydroxylation is 1. The van der Waals surface area contributed by atoms with E-state index < -0.39 is 0 Å². The Bertz CT molecular complexity index is 917. The molecule has 1 N–H and O–H groups in total. The Morgan fingerprint density at radius 2 is 1.81 bits per heavy atom. The first-order chi connectivity index (χ1) is 12.6. The number of carbonyl (C=O) groups excluding carboxylic acids is 1. The highest BCUT2D eigenvalue weighted by molar-refractivity contribution is 6.30. The number of para-hydroxylation sites is 1. The number of hydrogen-bond acceptors (Lipinski definition) is 3. The Hall–Kier alpha value is -2.66. The fourth-order valence-corrected chi connectivity index (χ4v) is 3.17. The van der Waals surface area contributed by atoms with E-state index in [1.807, 2.05) is 54.6 Å². The quantitative estimate of drug-likeness (QED) is 0.739. The molecule has 0 unspecified atom stereocenters. The molecule has 1 amide bonds. The third-order valence-electron chi connectivity index (χ3n) is 4.59. The summed E-state index contributed by atoms with van der Waals surface area (Å²) in [4.78, 5) is 14.3. The van der Waals surface area contributed by atoms with E-state index in [0.29, 0.717) is 22.3 Å².